The zero-order valence-corrected chi connectivity index (χ0v) is 6.81. The van der Waals surface area contributed by atoms with Crippen molar-refractivity contribution in [3.8, 4) is 0 Å². The van der Waals surface area contributed by atoms with Crippen molar-refractivity contribution in [1.29, 1.82) is 0 Å². The molecule has 0 saturated carbocycles. The second-order valence-corrected chi connectivity index (χ2v) is 3.08. The quantitative estimate of drug-likeness (QED) is 0.699. The average Bonchev–Trinajstić information content (AvgIpc) is 2.37. The molecule has 0 aromatic carbocycles. The van der Waals surface area contributed by atoms with E-state index in [2.05, 4.69) is 10.3 Å². The Balaban J connectivity index is 2.73. The molecule has 0 unspecified atom stereocenters. The average molecular weight is 172 g/mol. The molecule has 0 radical (unpaired) electrons. The Morgan fingerprint density at radius 2 is 2.64 bits per heavy atom. The second kappa shape index (κ2) is 3.45. The summed E-state index contributed by atoms with van der Waals surface area (Å²) >= 11 is 1.19. The highest BCUT2D eigenvalue weighted by atomic mass is 32.1. The van der Waals surface area contributed by atoms with Crippen molar-refractivity contribution in [2.75, 3.05) is 7.05 Å². The summed E-state index contributed by atoms with van der Waals surface area (Å²) in [4.78, 5) is 15.0. The minimum absolute atomic E-state index is 0.148. The van der Waals surface area contributed by atoms with Crippen LogP contribution in [0.4, 0.5) is 0 Å². The number of rotatable bonds is 3. The summed E-state index contributed by atoms with van der Waals surface area (Å²) in [7, 11) is 1.81. The highest BCUT2D eigenvalue weighted by Crippen LogP contribution is 2.11. The fourth-order valence-corrected chi connectivity index (χ4v) is 1.43. The Kier molecular flexibility index (Phi) is 2.56. The van der Waals surface area contributed by atoms with E-state index in [4.69, 9.17) is 5.11 Å². The van der Waals surface area contributed by atoms with Gasteiger partial charge in [-0.15, -0.1) is 11.3 Å². The summed E-state index contributed by atoms with van der Waals surface area (Å²) in [6, 6.07) is 0. The Bertz CT molecular complexity index is 259. The number of nitrogens with zero attached hydrogens (tertiary/aromatic N) is 1. The smallest absolute Gasteiger partial charge is 0.365 e. The topological polar surface area (TPSA) is 62.2 Å². The highest BCUT2D eigenvalue weighted by molar-refractivity contribution is 7.13. The van der Waals surface area contributed by atoms with E-state index in [9.17, 15) is 4.79 Å². The predicted octanol–water partition coefficient (Wildman–Crippen LogP) is 0.561. The summed E-state index contributed by atoms with van der Waals surface area (Å²) in [5.74, 6) is -0.961. The van der Waals surface area contributed by atoms with Gasteiger partial charge in [0, 0.05) is 17.6 Å². The van der Waals surface area contributed by atoms with E-state index in [0.717, 1.165) is 4.88 Å². The lowest BCUT2D eigenvalue weighted by molar-refractivity contribution is 0.0696. The molecule has 5 heteroatoms. The zero-order valence-electron chi connectivity index (χ0n) is 6.00. The molecule has 1 heterocycles. The van der Waals surface area contributed by atoms with Gasteiger partial charge < -0.3 is 10.4 Å². The summed E-state index contributed by atoms with van der Waals surface area (Å²) in [6.07, 6.45) is 1.57. The van der Waals surface area contributed by atoms with Gasteiger partial charge in [0.05, 0.1) is 0 Å². The molecule has 4 nitrogen and oxygen atoms in total. The van der Waals surface area contributed by atoms with Crippen LogP contribution >= 0.6 is 11.3 Å². The van der Waals surface area contributed by atoms with Crippen LogP contribution in [0.1, 0.15) is 14.7 Å². The molecule has 0 aliphatic heterocycles. The molecule has 60 valence electrons. The maximum absolute atomic E-state index is 10.3. The van der Waals surface area contributed by atoms with Crippen LogP contribution in [0.3, 0.4) is 0 Å². The Labute approximate surface area is 67.9 Å². The third-order valence-corrected chi connectivity index (χ3v) is 2.07. The molecular weight excluding hydrogens is 164 g/mol. The minimum atomic E-state index is -0.961. The van der Waals surface area contributed by atoms with Crippen LogP contribution in [0.15, 0.2) is 6.20 Å². The first-order chi connectivity index (χ1) is 5.24. The normalized spacial score (nSPS) is 9.91. The lowest BCUT2D eigenvalue weighted by Crippen LogP contribution is -2.02. The van der Waals surface area contributed by atoms with Crippen LogP contribution in [-0.4, -0.2) is 23.1 Å². The summed E-state index contributed by atoms with van der Waals surface area (Å²) in [5, 5.41) is 11.6. The molecule has 0 atom stereocenters. The third-order valence-electron chi connectivity index (χ3n) is 1.09. The van der Waals surface area contributed by atoms with Gasteiger partial charge in [-0.2, -0.15) is 0 Å². The molecule has 1 aromatic heterocycles. The van der Waals surface area contributed by atoms with Crippen molar-refractivity contribution in [2.24, 2.45) is 0 Å². The van der Waals surface area contributed by atoms with E-state index in [0.29, 0.717) is 6.54 Å². The first-order valence-electron chi connectivity index (χ1n) is 3.06. The minimum Gasteiger partial charge on any atom is -0.476 e. The molecule has 0 saturated heterocycles. The van der Waals surface area contributed by atoms with Crippen molar-refractivity contribution in [3.63, 3.8) is 0 Å². The molecule has 11 heavy (non-hydrogen) atoms. The molecular formula is C6H8N2O2S. The van der Waals surface area contributed by atoms with E-state index < -0.39 is 5.97 Å². The maximum Gasteiger partial charge on any atom is 0.365 e. The number of nitrogens with one attached hydrogen (secondary N) is 1. The third kappa shape index (κ3) is 1.99. The zero-order chi connectivity index (χ0) is 8.27. The van der Waals surface area contributed by atoms with Crippen LogP contribution in [0.25, 0.3) is 0 Å². The SMILES string of the molecule is CNCc1cnc(C(=O)O)s1. The molecule has 2 N–H and O–H groups in total. The number of carbonyl (C=O) groups is 1. The van der Waals surface area contributed by atoms with Crippen molar-refractivity contribution in [1.82, 2.24) is 10.3 Å². The van der Waals surface area contributed by atoms with E-state index in [1.807, 2.05) is 0 Å². The number of carboxylic acids is 1. The Hall–Kier alpha value is -0.940. The molecule has 1 aromatic rings. The fourth-order valence-electron chi connectivity index (χ4n) is 0.662. The molecule has 0 aliphatic carbocycles. The van der Waals surface area contributed by atoms with Crippen LogP contribution in [0.2, 0.25) is 0 Å². The number of hydrogen-bond acceptors (Lipinski definition) is 4. The van der Waals surface area contributed by atoms with Gasteiger partial charge in [-0.05, 0) is 7.05 Å². The van der Waals surface area contributed by atoms with Crippen LogP contribution < -0.4 is 5.32 Å². The summed E-state index contributed by atoms with van der Waals surface area (Å²) in [6.45, 7) is 0.672. The van der Waals surface area contributed by atoms with Crippen molar-refractivity contribution < 1.29 is 9.90 Å². The van der Waals surface area contributed by atoms with Crippen molar-refractivity contribution >= 4 is 17.3 Å². The van der Waals surface area contributed by atoms with Crippen LogP contribution in [-0.2, 0) is 6.54 Å². The number of aromatic nitrogens is 1. The molecule has 0 fully saturated rings. The monoisotopic (exact) mass is 172 g/mol. The van der Waals surface area contributed by atoms with E-state index >= 15 is 0 Å². The number of thiazole rings is 1. The van der Waals surface area contributed by atoms with Gasteiger partial charge >= 0.3 is 5.97 Å². The van der Waals surface area contributed by atoms with Crippen molar-refractivity contribution in [3.05, 3.63) is 16.1 Å². The Morgan fingerprint density at radius 1 is 1.91 bits per heavy atom. The summed E-state index contributed by atoms with van der Waals surface area (Å²) < 4.78 is 0. The van der Waals surface area contributed by atoms with E-state index in [1.54, 1.807) is 13.2 Å². The molecule has 0 spiro atoms. The van der Waals surface area contributed by atoms with E-state index in [-0.39, 0.29) is 5.01 Å². The van der Waals surface area contributed by atoms with Gasteiger partial charge in [0.2, 0.25) is 5.01 Å². The van der Waals surface area contributed by atoms with Gasteiger partial charge in [0.25, 0.3) is 0 Å². The van der Waals surface area contributed by atoms with Crippen molar-refractivity contribution in [2.45, 2.75) is 6.54 Å². The van der Waals surface area contributed by atoms with Crippen LogP contribution in [0, 0.1) is 0 Å². The van der Waals surface area contributed by atoms with Gasteiger partial charge in [-0.25, -0.2) is 9.78 Å². The van der Waals surface area contributed by atoms with Gasteiger partial charge in [0.1, 0.15) is 0 Å². The van der Waals surface area contributed by atoms with E-state index in [1.165, 1.54) is 11.3 Å². The summed E-state index contributed by atoms with van der Waals surface area (Å²) in [5.41, 5.74) is 0. The fraction of sp³-hybridized carbons (Fsp3) is 0.333. The Morgan fingerprint density at radius 3 is 3.09 bits per heavy atom. The van der Waals surface area contributed by atoms with Gasteiger partial charge in [-0.3, -0.25) is 0 Å². The number of aromatic carboxylic acids is 1. The first-order valence-corrected chi connectivity index (χ1v) is 3.88. The second-order valence-electron chi connectivity index (χ2n) is 1.97. The van der Waals surface area contributed by atoms with Gasteiger partial charge in [-0.1, -0.05) is 0 Å². The first kappa shape index (κ1) is 8.16. The molecule has 0 bridgehead atoms. The highest BCUT2D eigenvalue weighted by Gasteiger charge is 2.07. The number of hydrogen-bond donors (Lipinski definition) is 2. The lowest BCUT2D eigenvalue weighted by Gasteiger charge is -1.89. The van der Waals surface area contributed by atoms with Gasteiger partial charge in [0.15, 0.2) is 0 Å². The molecule has 0 aliphatic rings. The maximum atomic E-state index is 10.3. The molecule has 0 amide bonds. The predicted molar refractivity (Wildman–Crippen MR) is 41.8 cm³/mol. The standard InChI is InChI=1S/C6H8N2O2S/c1-7-2-4-3-8-5(11-4)6(9)10/h3,7H,2H2,1H3,(H,9,10). The van der Waals surface area contributed by atoms with Crippen LogP contribution in [0.5, 0.6) is 0 Å². The molecule has 1 rings (SSSR count). The lowest BCUT2D eigenvalue weighted by atomic mass is 10.5. The largest absolute Gasteiger partial charge is 0.476 e. The number of carboxylic acid groups (broad SMARTS) is 1.